The third-order valence-corrected chi connectivity index (χ3v) is 3.02. The predicted octanol–water partition coefficient (Wildman–Crippen LogP) is 2.38. The van der Waals surface area contributed by atoms with E-state index in [1.807, 2.05) is 25.1 Å². The van der Waals surface area contributed by atoms with Gasteiger partial charge in [0.2, 0.25) is 11.6 Å². The number of hydrogen-bond donors (Lipinski definition) is 2. The SMILES string of the molecule is CCc1ccccc1C(=O)C(=O)c1ccccc1.O=C(O)CO. The molecule has 0 aliphatic rings. The fourth-order valence-electron chi connectivity index (χ4n) is 1.89. The van der Waals surface area contributed by atoms with Crippen LogP contribution in [0, 0.1) is 0 Å². The van der Waals surface area contributed by atoms with Crippen molar-refractivity contribution in [2.75, 3.05) is 6.61 Å². The van der Waals surface area contributed by atoms with E-state index in [0.717, 1.165) is 12.0 Å². The Bertz CT molecular complexity index is 677. The summed E-state index contributed by atoms with van der Waals surface area (Å²) in [6.07, 6.45) is 0.740. The number of ketones is 2. The van der Waals surface area contributed by atoms with Gasteiger partial charge < -0.3 is 10.2 Å². The van der Waals surface area contributed by atoms with Crippen LogP contribution in [-0.2, 0) is 11.2 Å². The Labute approximate surface area is 134 Å². The summed E-state index contributed by atoms with van der Waals surface area (Å²) in [5.74, 6) is -2.07. The molecule has 0 spiro atoms. The van der Waals surface area contributed by atoms with Crippen molar-refractivity contribution >= 4 is 17.5 Å². The molecule has 0 atom stereocenters. The lowest BCUT2D eigenvalue weighted by atomic mass is 9.96. The van der Waals surface area contributed by atoms with Gasteiger partial charge in [0.15, 0.2) is 0 Å². The topological polar surface area (TPSA) is 91.7 Å². The van der Waals surface area contributed by atoms with Gasteiger partial charge in [-0.3, -0.25) is 9.59 Å². The first-order chi connectivity index (χ1) is 11.0. The summed E-state index contributed by atoms with van der Waals surface area (Å²) in [5, 5.41) is 15.0. The van der Waals surface area contributed by atoms with Crippen LogP contribution < -0.4 is 0 Å². The van der Waals surface area contributed by atoms with Crippen LogP contribution in [0.3, 0.4) is 0 Å². The molecule has 120 valence electrons. The van der Waals surface area contributed by atoms with Gasteiger partial charge in [-0.15, -0.1) is 0 Å². The highest BCUT2D eigenvalue weighted by Crippen LogP contribution is 2.13. The molecule has 5 nitrogen and oxygen atoms in total. The molecule has 2 aromatic rings. The molecule has 0 aromatic heterocycles. The lowest BCUT2D eigenvalue weighted by molar-refractivity contribution is -0.140. The summed E-state index contributed by atoms with van der Waals surface area (Å²) in [7, 11) is 0. The maximum atomic E-state index is 12.2. The second-order valence-electron chi connectivity index (χ2n) is 4.59. The standard InChI is InChI=1S/C16H14O2.C2H4O3/c1-2-12-8-6-7-11-14(12)16(18)15(17)13-9-4-3-5-10-13;3-1-2(4)5/h3-11H,2H2,1H3;3H,1H2,(H,4,5). The summed E-state index contributed by atoms with van der Waals surface area (Å²) < 4.78 is 0. The molecular formula is C18H18O5. The molecule has 0 fully saturated rings. The van der Waals surface area contributed by atoms with Gasteiger partial charge in [0.25, 0.3) is 0 Å². The van der Waals surface area contributed by atoms with E-state index in [9.17, 15) is 9.59 Å². The van der Waals surface area contributed by atoms with Crippen molar-refractivity contribution in [2.45, 2.75) is 13.3 Å². The summed E-state index contributed by atoms with van der Waals surface area (Å²) >= 11 is 0. The number of aliphatic hydroxyl groups excluding tert-OH is 1. The van der Waals surface area contributed by atoms with Crippen molar-refractivity contribution in [1.82, 2.24) is 0 Å². The molecule has 0 amide bonds. The summed E-state index contributed by atoms with van der Waals surface area (Å²) in [5.41, 5.74) is 1.86. The van der Waals surface area contributed by atoms with E-state index in [0.29, 0.717) is 11.1 Å². The van der Waals surface area contributed by atoms with Crippen LogP contribution in [-0.4, -0.2) is 34.4 Å². The van der Waals surface area contributed by atoms with E-state index < -0.39 is 24.1 Å². The molecule has 0 saturated heterocycles. The van der Waals surface area contributed by atoms with Crippen molar-refractivity contribution in [3.8, 4) is 0 Å². The largest absolute Gasteiger partial charge is 0.480 e. The lowest BCUT2D eigenvalue weighted by Gasteiger charge is -2.05. The molecule has 0 aliphatic heterocycles. The van der Waals surface area contributed by atoms with Crippen LogP contribution in [0.4, 0.5) is 0 Å². The number of benzene rings is 2. The van der Waals surface area contributed by atoms with Gasteiger partial charge in [-0.1, -0.05) is 61.5 Å². The van der Waals surface area contributed by atoms with Crippen molar-refractivity contribution in [1.29, 1.82) is 0 Å². The second-order valence-corrected chi connectivity index (χ2v) is 4.59. The normalized spacial score (nSPS) is 9.48. The van der Waals surface area contributed by atoms with Crippen molar-refractivity contribution in [2.24, 2.45) is 0 Å². The molecule has 2 rings (SSSR count). The van der Waals surface area contributed by atoms with Gasteiger partial charge in [0, 0.05) is 11.1 Å². The molecule has 2 N–H and O–H groups in total. The Morgan fingerprint density at radius 2 is 1.39 bits per heavy atom. The quantitative estimate of drug-likeness (QED) is 0.653. The second kappa shape index (κ2) is 9.27. The average molecular weight is 314 g/mol. The number of carbonyl (C=O) groups is 3. The molecule has 0 saturated carbocycles. The molecule has 23 heavy (non-hydrogen) atoms. The number of Topliss-reactive ketones (excluding diaryl/α,β-unsaturated/α-hetero) is 2. The first-order valence-electron chi connectivity index (χ1n) is 7.05. The van der Waals surface area contributed by atoms with Crippen molar-refractivity contribution in [3.05, 3.63) is 71.3 Å². The number of hydrogen-bond acceptors (Lipinski definition) is 4. The zero-order valence-corrected chi connectivity index (χ0v) is 12.7. The maximum Gasteiger partial charge on any atom is 0.329 e. The number of aliphatic hydroxyl groups is 1. The summed E-state index contributed by atoms with van der Waals surface area (Å²) in [6.45, 7) is 1.19. The number of aryl methyl sites for hydroxylation is 1. The first kappa shape index (κ1) is 18.3. The third kappa shape index (κ3) is 5.48. The number of carboxylic acids is 1. The van der Waals surface area contributed by atoms with Crippen molar-refractivity contribution in [3.63, 3.8) is 0 Å². The van der Waals surface area contributed by atoms with E-state index in [-0.39, 0.29) is 0 Å². The number of carboxylic acid groups (broad SMARTS) is 1. The molecule has 0 heterocycles. The Morgan fingerprint density at radius 3 is 1.91 bits per heavy atom. The molecule has 0 radical (unpaired) electrons. The van der Waals surface area contributed by atoms with Gasteiger partial charge in [0.05, 0.1) is 0 Å². The first-order valence-corrected chi connectivity index (χ1v) is 7.05. The predicted molar refractivity (Wildman–Crippen MR) is 85.6 cm³/mol. The number of rotatable bonds is 5. The maximum absolute atomic E-state index is 12.2. The van der Waals surface area contributed by atoms with Gasteiger partial charge >= 0.3 is 5.97 Å². The Morgan fingerprint density at radius 1 is 0.870 bits per heavy atom. The van der Waals surface area contributed by atoms with Crippen LogP contribution in [0.15, 0.2) is 54.6 Å². The monoisotopic (exact) mass is 314 g/mol. The number of aliphatic carboxylic acids is 1. The smallest absolute Gasteiger partial charge is 0.329 e. The van der Waals surface area contributed by atoms with Crippen LogP contribution in [0.2, 0.25) is 0 Å². The highest BCUT2D eigenvalue weighted by molar-refractivity contribution is 6.49. The molecule has 0 aliphatic carbocycles. The zero-order valence-electron chi connectivity index (χ0n) is 12.7. The minimum Gasteiger partial charge on any atom is -0.480 e. The van der Waals surface area contributed by atoms with E-state index in [2.05, 4.69) is 0 Å². The zero-order chi connectivity index (χ0) is 17.2. The van der Waals surface area contributed by atoms with Crippen LogP contribution in [0.25, 0.3) is 0 Å². The van der Waals surface area contributed by atoms with Crippen LogP contribution >= 0.6 is 0 Å². The Hall–Kier alpha value is -2.79. The van der Waals surface area contributed by atoms with E-state index in [1.165, 1.54) is 0 Å². The molecular weight excluding hydrogens is 296 g/mol. The van der Waals surface area contributed by atoms with Crippen LogP contribution in [0.1, 0.15) is 33.2 Å². The highest BCUT2D eigenvalue weighted by atomic mass is 16.4. The fraction of sp³-hybridized carbons (Fsp3) is 0.167. The third-order valence-electron chi connectivity index (χ3n) is 3.02. The Balaban J connectivity index is 0.000000463. The van der Waals surface area contributed by atoms with E-state index >= 15 is 0 Å². The van der Waals surface area contributed by atoms with E-state index in [4.69, 9.17) is 15.0 Å². The average Bonchev–Trinajstić information content (AvgIpc) is 2.61. The minimum atomic E-state index is -1.19. The molecule has 5 heteroatoms. The molecule has 2 aromatic carbocycles. The van der Waals surface area contributed by atoms with Crippen LogP contribution in [0.5, 0.6) is 0 Å². The van der Waals surface area contributed by atoms with Gasteiger partial charge in [-0.25, -0.2) is 4.79 Å². The summed E-state index contributed by atoms with van der Waals surface area (Å²) in [6, 6.07) is 15.9. The molecule has 0 unspecified atom stereocenters. The van der Waals surface area contributed by atoms with Gasteiger partial charge in [-0.05, 0) is 12.0 Å². The van der Waals surface area contributed by atoms with Gasteiger partial charge in [0.1, 0.15) is 6.61 Å². The summed E-state index contributed by atoms with van der Waals surface area (Å²) in [4.78, 5) is 33.4. The number of carbonyl (C=O) groups excluding carboxylic acids is 2. The fourth-order valence-corrected chi connectivity index (χ4v) is 1.89. The Kier molecular flexibility index (Phi) is 7.36. The lowest BCUT2D eigenvalue weighted by Crippen LogP contribution is -2.16. The van der Waals surface area contributed by atoms with Crippen molar-refractivity contribution < 1.29 is 24.6 Å². The molecule has 0 bridgehead atoms. The highest BCUT2D eigenvalue weighted by Gasteiger charge is 2.19. The van der Waals surface area contributed by atoms with E-state index in [1.54, 1.807) is 36.4 Å². The van der Waals surface area contributed by atoms with Gasteiger partial charge in [-0.2, -0.15) is 0 Å². The minimum absolute atomic E-state index is 0.432.